The van der Waals surface area contributed by atoms with Crippen LogP contribution in [0.4, 0.5) is 14.6 Å². The van der Waals surface area contributed by atoms with E-state index in [0.717, 1.165) is 32.0 Å². The van der Waals surface area contributed by atoms with Gasteiger partial charge in [-0.1, -0.05) is 32.0 Å². The van der Waals surface area contributed by atoms with Crippen LogP contribution in [-0.2, 0) is 4.79 Å². The lowest BCUT2D eigenvalue weighted by Gasteiger charge is -2.45. The highest BCUT2D eigenvalue weighted by Gasteiger charge is 2.36. The normalized spacial score (nSPS) is 24.8. The predicted octanol–water partition coefficient (Wildman–Crippen LogP) is 6.44. The lowest BCUT2D eigenvalue weighted by atomic mass is 9.98. The van der Waals surface area contributed by atoms with Gasteiger partial charge < -0.3 is 19.4 Å². The Labute approximate surface area is 273 Å². The van der Waals surface area contributed by atoms with Crippen LogP contribution in [0, 0.1) is 17.6 Å². The minimum Gasteiger partial charge on any atom is -0.488 e. The fourth-order valence-corrected chi connectivity index (χ4v) is 8.04. The quantitative estimate of drug-likeness (QED) is 0.261. The van der Waals surface area contributed by atoms with E-state index in [1.165, 1.54) is 24.6 Å². The van der Waals surface area contributed by atoms with E-state index in [9.17, 15) is 14.0 Å². The lowest BCUT2D eigenvalue weighted by Crippen LogP contribution is -2.58. The van der Waals surface area contributed by atoms with Crippen LogP contribution < -0.4 is 15.3 Å². The Kier molecular flexibility index (Phi) is 9.13. The molecule has 0 aliphatic carbocycles. The number of carbonyl (C=O) groups is 1. The van der Waals surface area contributed by atoms with Crippen LogP contribution in [0.2, 0.25) is 5.02 Å². The number of aromatic nitrogens is 2. The van der Waals surface area contributed by atoms with Crippen LogP contribution in [0.1, 0.15) is 59.4 Å². The van der Waals surface area contributed by atoms with Crippen LogP contribution in [0.25, 0.3) is 22.0 Å². The molecule has 0 radical (unpaired) electrons. The Hall–Kier alpha value is -3.50. The maximum absolute atomic E-state index is 15.2. The molecule has 1 amide bonds. The molecule has 5 atom stereocenters. The zero-order valence-electron chi connectivity index (χ0n) is 26.9. The molecule has 0 N–H and O–H groups in total. The topological polar surface area (TPSA) is 70.9 Å². The second kappa shape index (κ2) is 13.0. The van der Waals surface area contributed by atoms with Gasteiger partial charge in [0.15, 0.2) is 5.75 Å². The van der Waals surface area contributed by atoms with Crippen molar-refractivity contribution in [3.8, 4) is 16.9 Å². The second-order valence-corrected chi connectivity index (χ2v) is 13.6. The Morgan fingerprint density at radius 2 is 1.91 bits per heavy atom. The summed E-state index contributed by atoms with van der Waals surface area (Å²) >= 11 is 6.90. The SMILES string of the molecule is C=CC(=O)N1C[C@H](C)N(c2nc(=O)n3c4c(c(-c5ccc(F)cc5F)c(Cl)cc24)OC[C@H]3CCCN2C[C@@H](C)C[C@H]2CC)C[C@H]1C. The van der Waals surface area contributed by atoms with Crippen molar-refractivity contribution < 1.29 is 18.3 Å². The Morgan fingerprint density at radius 1 is 1.13 bits per heavy atom. The summed E-state index contributed by atoms with van der Waals surface area (Å²) in [6.07, 6.45) is 5.22. The van der Waals surface area contributed by atoms with E-state index in [1.54, 1.807) is 15.5 Å². The maximum atomic E-state index is 15.2. The van der Waals surface area contributed by atoms with E-state index in [0.29, 0.717) is 48.2 Å². The molecule has 4 heterocycles. The van der Waals surface area contributed by atoms with Gasteiger partial charge >= 0.3 is 5.69 Å². The molecule has 246 valence electrons. The van der Waals surface area contributed by atoms with E-state index in [-0.39, 0.29) is 52.5 Å². The van der Waals surface area contributed by atoms with Gasteiger partial charge in [-0.15, -0.1) is 0 Å². The smallest absolute Gasteiger partial charge is 0.350 e. The van der Waals surface area contributed by atoms with Crippen molar-refractivity contribution in [2.45, 2.75) is 77.5 Å². The number of rotatable bonds is 8. The summed E-state index contributed by atoms with van der Waals surface area (Å²) in [5.41, 5.74) is 0.442. The third kappa shape index (κ3) is 5.79. The molecule has 2 saturated heterocycles. The van der Waals surface area contributed by atoms with Crippen molar-refractivity contribution >= 4 is 34.2 Å². The van der Waals surface area contributed by atoms with Crippen molar-refractivity contribution in [1.82, 2.24) is 19.4 Å². The lowest BCUT2D eigenvalue weighted by molar-refractivity contribution is -0.128. The largest absolute Gasteiger partial charge is 0.488 e. The summed E-state index contributed by atoms with van der Waals surface area (Å²) in [7, 11) is 0. The number of hydrogen-bond donors (Lipinski definition) is 0. The zero-order chi connectivity index (χ0) is 32.9. The molecule has 3 aromatic rings. The van der Waals surface area contributed by atoms with E-state index in [1.807, 2.05) is 18.7 Å². The number of anilines is 1. The summed E-state index contributed by atoms with van der Waals surface area (Å²) in [4.78, 5) is 37.6. The van der Waals surface area contributed by atoms with Gasteiger partial charge in [-0.25, -0.2) is 13.6 Å². The number of likely N-dealkylation sites (tertiary alicyclic amines) is 1. The van der Waals surface area contributed by atoms with Crippen LogP contribution in [0.3, 0.4) is 0 Å². The number of halogens is 3. The van der Waals surface area contributed by atoms with Crippen molar-refractivity contribution in [3.05, 3.63) is 64.1 Å². The second-order valence-electron chi connectivity index (χ2n) is 13.2. The monoisotopic (exact) mass is 653 g/mol. The molecule has 0 saturated carbocycles. The number of ether oxygens (including phenoxy) is 1. The van der Waals surface area contributed by atoms with Gasteiger partial charge in [-0.3, -0.25) is 9.36 Å². The van der Waals surface area contributed by atoms with Crippen LogP contribution in [-0.4, -0.2) is 76.2 Å². The van der Waals surface area contributed by atoms with Gasteiger partial charge in [0.25, 0.3) is 0 Å². The van der Waals surface area contributed by atoms with Crippen LogP contribution in [0.15, 0.2) is 41.7 Å². The van der Waals surface area contributed by atoms with Crippen LogP contribution in [0.5, 0.6) is 5.75 Å². The van der Waals surface area contributed by atoms with E-state index < -0.39 is 17.3 Å². The first-order chi connectivity index (χ1) is 22.0. The van der Waals surface area contributed by atoms with Crippen molar-refractivity contribution in [2.75, 3.05) is 37.7 Å². The fraction of sp³-hybridized carbons (Fsp3) is 0.514. The Balaban J connectivity index is 1.45. The molecule has 0 unspecified atom stereocenters. The molecule has 0 bridgehead atoms. The molecule has 0 spiro atoms. The number of amides is 1. The van der Waals surface area contributed by atoms with Gasteiger partial charge in [0.05, 0.1) is 16.6 Å². The molecular formula is C35H42ClF2N5O3. The maximum Gasteiger partial charge on any atom is 0.350 e. The number of carbonyl (C=O) groups excluding carboxylic acids is 1. The minimum absolute atomic E-state index is 0.0893. The van der Waals surface area contributed by atoms with Gasteiger partial charge in [-0.05, 0) is 76.3 Å². The van der Waals surface area contributed by atoms with Crippen molar-refractivity contribution in [3.63, 3.8) is 0 Å². The zero-order valence-corrected chi connectivity index (χ0v) is 27.7. The predicted molar refractivity (Wildman–Crippen MR) is 178 cm³/mol. The Morgan fingerprint density at radius 3 is 2.63 bits per heavy atom. The molecule has 3 aliphatic rings. The fourth-order valence-electron chi connectivity index (χ4n) is 7.75. The molecule has 1 aromatic heterocycles. The summed E-state index contributed by atoms with van der Waals surface area (Å²) in [6, 6.07) is 5.00. The highest BCUT2D eigenvalue weighted by Crippen LogP contribution is 2.47. The first kappa shape index (κ1) is 32.4. The number of nitrogens with zero attached hydrogens (tertiary/aromatic N) is 5. The minimum atomic E-state index is -0.776. The molecule has 8 nitrogen and oxygen atoms in total. The number of piperazine rings is 1. The van der Waals surface area contributed by atoms with Crippen molar-refractivity contribution in [2.24, 2.45) is 5.92 Å². The summed E-state index contributed by atoms with van der Waals surface area (Å²) < 4.78 is 37.2. The Bertz CT molecular complexity index is 1730. The average molecular weight is 654 g/mol. The van der Waals surface area contributed by atoms with E-state index in [2.05, 4.69) is 30.3 Å². The summed E-state index contributed by atoms with van der Waals surface area (Å²) in [6.45, 7) is 15.2. The first-order valence-corrected chi connectivity index (χ1v) is 16.7. The highest BCUT2D eigenvalue weighted by molar-refractivity contribution is 6.35. The third-order valence-corrected chi connectivity index (χ3v) is 10.3. The first-order valence-electron chi connectivity index (χ1n) is 16.3. The molecule has 6 rings (SSSR count). The highest BCUT2D eigenvalue weighted by atomic mass is 35.5. The number of hydrogen-bond acceptors (Lipinski definition) is 6. The standard InChI is InChI=1S/C35H42ClF2N5O3/c1-6-24-13-20(3)16-40(24)12-8-9-25-19-46-33-31(26-11-10-23(37)14-29(26)38)28(36)15-27-32(33)43(25)35(45)39-34(27)42-18-21(4)41(17-22(42)5)30(44)7-2/h7,10-11,14-15,20-22,24-25H,2,6,8-9,12-13,16-19H2,1,3-5H3/t20-,21+,22-,24+,25+/m0/s1. The van der Waals surface area contributed by atoms with E-state index in [4.69, 9.17) is 16.3 Å². The van der Waals surface area contributed by atoms with Crippen LogP contribution >= 0.6 is 11.6 Å². The van der Waals surface area contributed by atoms with Crippen molar-refractivity contribution in [1.29, 1.82) is 0 Å². The summed E-state index contributed by atoms with van der Waals surface area (Å²) in [5.74, 6) is -0.232. The molecule has 46 heavy (non-hydrogen) atoms. The van der Waals surface area contributed by atoms with Gasteiger partial charge in [0, 0.05) is 60.3 Å². The molecule has 3 aliphatic heterocycles. The average Bonchev–Trinajstić information content (AvgIpc) is 3.39. The number of benzene rings is 2. The molecule has 11 heteroatoms. The summed E-state index contributed by atoms with van der Waals surface area (Å²) in [5, 5.41) is 0.812. The van der Waals surface area contributed by atoms with Gasteiger partial charge in [-0.2, -0.15) is 4.98 Å². The van der Waals surface area contributed by atoms with Gasteiger partial charge in [0.1, 0.15) is 24.1 Å². The van der Waals surface area contributed by atoms with E-state index >= 15 is 4.39 Å². The molecule has 2 aromatic carbocycles. The van der Waals surface area contributed by atoms with Gasteiger partial charge in [0.2, 0.25) is 5.91 Å². The molecule has 2 fully saturated rings. The molecular weight excluding hydrogens is 612 g/mol. The third-order valence-electron chi connectivity index (χ3n) is 9.99.